The first kappa shape index (κ1) is 12.5. The first-order valence-corrected chi connectivity index (χ1v) is 4.26. The average molecular weight is 236 g/mol. The van der Waals surface area contributed by atoms with Crippen LogP contribution in [0, 0.1) is 6.92 Å². The highest BCUT2D eigenvalue weighted by atomic mass is 19.4. The molecule has 0 saturated heterocycles. The summed E-state index contributed by atoms with van der Waals surface area (Å²) in [6.45, 7) is 1.45. The molecule has 0 spiro atoms. The monoisotopic (exact) mass is 236 g/mol. The number of hydrogen-bond donors (Lipinski definition) is 1. The van der Waals surface area contributed by atoms with Crippen LogP contribution in [0.25, 0.3) is 0 Å². The lowest BCUT2D eigenvalue weighted by molar-refractivity contribution is -0.240. The zero-order chi connectivity index (χ0) is 12.6. The molecule has 0 radical (unpaired) electrons. The molecule has 16 heavy (non-hydrogen) atoms. The van der Waals surface area contributed by atoms with E-state index < -0.39 is 23.4 Å². The predicted molar refractivity (Wildman–Crippen MR) is 47.7 cm³/mol. The molecule has 1 atom stereocenters. The minimum atomic E-state index is -5.49. The lowest BCUT2D eigenvalue weighted by Crippen LogP contribution is -2.45. The van der Waals surface area contributed by atoms with E-state index in [9.17, 15) is 22.4 Å². The Morgan fingerprint density at radius 3 is 2.19 bits per heavy atom. The molecule has 0 aromatic heterocycles. The van der Waals surface area contributed by atoms with Crippen molar-refractivity contribution in [2.45, 2.75) is 18.8 Å². The van der Waals surface area contributed by atoms with E-state index in [2.05, 4.69) is 0 Å². The van der Waals surface area contributed by atoms with E-state index in [0.717, 1.165) is 12.1 Å². The van der Waals surface area contributed by atoms with Gasteiger partial charge in [-0.25, -0.2) is 9.18 Å². The number of alkyl halides is 4. The van der Waals surface area contributed by atoms with Gasteiger partial charge in [0.2, 0.25) is 0 Å². The van der Waals surface area contributed by atoms with E-state index in [4.69, 9.17) is 5.11 Å². The normalized spacial score (nSPS) is 15.6. The maximum Gasteiger partial charge on any atom is 0.437 e. The van der Waals surface area contributed by atoms with Crippen LogP contribution in [0.15, 0.2) is 24.3 Å². The summed E-state index contributed by atoms with van der Waals surface area (Å²) in [7, 11) is 0. The highest BCUT2D eigenvalue weighted by Gasteiger charge is 2.63. The fraction of sp³-hybridized carbons (Fsp3) is 0.300. The van der Waals surface area contributed by atoms with E-state index in [1.807, 2.05) is 0 Å². The third-order valence-electron chi connectivity index (χ3n) is 2.10. The summed E-state index contributed by atoms with van der Waals surface area (Å²) in [4.78, 5) is 10.5. The Kier molecular flexibility index (Phi) is 2.94. The highest BCUT2D eigenvalue weighted by Crippen LogP contribution is 2.42. The molecule has 88 valence electrons. The van der Waals surface area contributed by atoms with Crippen molar-refractivity contribution in [3.8, 4) is 0 Å². The van der Waals surface area contributed by atoms with E-state index in [0.29, 0.717) is 5.56 Å². The number of aryl methyl sites for hydroxylation is 1. The van der Waals surface area contributed by atoms with Gasteiger partial charge in [-0.3, -0.25) is 0 Å². The lowest BCUT2D eigenvalue weighted by atomic mass is 9.94. The third-order valence-corrected chi connectivity index (χ3v) is 2.10. The van der Waals surface area contributed by atoms with Gasteiger partial charge in [-0.15, -0.1) is 0 Å². The Morgan fingerprint density at radius 2 is 1.81 bits per heavy atom. The summed E-state index contributed by atoms with van der Waals surface area (Å²) in [5.41, 5.74) is -4.93. The molecule has 1 rings (SSSR count). The van der Waals surface area contributed by atoms with E-state index in [-0.39, 0.29) is 0 Å². The van der Waals surface area contributed by atoms with Crippen LogP contribution in [0.4, 0.5) is 17.6 Å². The fourth-order valence-electron chi connectivity index (χ4n) is 1.27. The van der Waals surface area contributed by atoms with Gasteiger partial charge in [-0.05, 0) is 6.92 Å². The fourth-order valence-corrected chi connectivity index (χ4v) is 1.27. The first-order chi connectivity index (χ1) is 7.19. The minimum absolute atomic E-state index is 0.352. The Morgan fingerprint density at radius 1 is 1.25 bits per heavy atom. The highest BCUT2D eigenvalue weighted by molar-refractivity contribution is 5.80. The van der Waals surface area contributed by atoms with Crippen molar-refractivity contribution in [3.63, 3.8) is 0 Å². The molecule has 0 amide bonds. The van der Waals surface area contributed by atoms with Crippen LogP contribution in [0.5, 0.6) is 0 Å². The van der Waals surface area contributed by atoms with Crippen molar-refractivity contribution >= 4 is 5.97 Å². The van der Waals surface area contributed by atoms with Gasteiger partial charge < -0.3 is 5.11 Å². The summed E-state index contributed by atoms with van der Waals surface area (Å²) in [5.74, 6) is -2.56. The molecule has 2 nitrogen and oxygen atoms in total. The van der Waals surface area contributed by atoms with Crippen LogP contribution in [0.2, 0.25) is 0 Å². The SMILES string of the molecule is Cc1cccc(C(F)(C(=O)O)C(F)(F)F)c1. The molecule has 1 N–H and O–H groups in total. The number of rotatable bonds is 2. The quantitative estimate of drug-likeness (QED) is 0.801. The van der Waals surface area contributed by atoms with Crippen molar-refractivity contribution in [1.29, 1.82) is 0 Å². The Hall–Kier alpha value is -1.59. The second kappa shape index (κ2) is 3.77. The van der Waals surface area contributed by atoms with Gasteiger partial charge in [0, 0.05) is 5.56 Å². The molecular weight excluding hydrogens is 228 g/mol. The summed E-state index contributed by atoms with van der Waals surface area (Å²) in [6.07, 6.45) is -5.49. The number of carbonyl (C=O) groups is 1. The topological polar surface area (TPSA) is 37.3 Å². The number of carboxylic acid groups (broad SMARTS) is 1. The smallest absolute Gasteiger partial charge is 0.437 e. The zero-order valence-corrected chi connectivity index (χ0v) is 8.18. The van der Waals surface area contributed by atoms with E-state index in [1.165, 1.54) is 19.1 Å². The third kappa shape index (κ3) is 1.87. The van der Waals surface area contributed by atoms with Crippen LogP contribution < -0.4 is 0 Å². The maximum atomic E-state index is 13.6. The van der Waals surface area contributed by atoms with Gasteiger partial charge in [0.25, 0.3) is 0 Å². The molecule has 0 aliphatic rings. The average Bonchev–Trinajstić information content (AvgIpc) is 2.14. The Bertz CT molecular complexity index is 414. The second-order valence-corrected chi connectivity index (χ2v) is 3.33. The van der Waals surface area contributed by atoms with Crippen molar-refractivity contribution in [3.05, 3.63) is 35.4 Å². The van der Waals surface area contributed by atoms with Crippen LogP contribution in [0.3, 0.4) is 0 Å². The number of benzene rings is 1. The van der Waals surface area contributed by atoms with Crippen LogP contribution in [-0.4, -0.2) is 17.3 Å². The molecule has 0 aliphatic carbocycles. The Labute approximate surface area is 88.5 Å². The van der Waals surface area contributed by atoms with Crippen molar-refractivity contribution in [1.82, 2.24) is 0 Å². The maximum absolute atomic E-state index is 13.6. The molecule has 0 aliphatic heterocycles. The van der Waals surface area contributed by atoms with E-state index >= 15 is 0 Å². The van der Waals surface area contributed by atoms with Gasteiger partial charge >= 0.3 is 17.8 Å². The molecule has 1 aromatic rings. The van der Waals surface area contributed by atoms with Crippen LogP contribution >= 0.6 is 0 Å². The van der Waals surface area contributed by atoms with Crippen LogP contribution in [0.1, 0.15) is 11.1 Å². The summed E-state index contributed by atoms with van der Waals surface area (Å²) < 4.78 is 50.9. The van der Waals surface area contributed by atoms with Gasteiger partial charge in [0.1, 0.15) is 0 Å². The molecule has 0 bridgehead atoms. The number of hydrogen-bond acceptors (Lipinski definition) is 1. The van der Waals surface area contributed by atoms with Gasteiger partial charge in [-0.2, -0.15) is 13.2 Å². The summed E-state index contributed by atoms with van der Waals surface area (Å²) in [6, 6.07) is 4.28. The van der Waals surface area contributed by atoms with E-state index in [1.54, 1.807) is 0 Å². The standard InChI is InChI=1S/C10H8F4O2/c1-6-3-2-4-7(5-6)9(11,8(15)16)10(12,13)14/h2-5H,1H3,(H,15,16). The number of carboxylic acids is 1. The minimum Gasteiger partial charge on any atom is -0.478 e. The largest absolute Gasteiger partial charge is 0.478 e. The summed E-state index contributed by atoms with van der Waals surface area (Å²) in [5, 5.41) is 8.42. The molecule has 6 heteroatoms. The zero-order valence-electron chi connectivity index (χ0n) is 8.18. The first-order valence-electron chi connectivity index (χ1n) is 4.26. The summed E-state index contributed by atoms with van der Waals surface area (Å²) >= 11 is 0. The van der Waals surface area contributed by atoms with Gasteiger partial charge in [0.05, 0.1) is 0 Å². The van der Waals surface area contributed by atoms with Crippen molar-refractivity contribution < 1.29 is 27.5 Å². The molecule has 0 saturated carbocycles. The molecule has 0 heterocycles. The van der Waals surface area contributed by atoms with Crippen LogP contribution in [-0.2, 0) is 10.5 Å². The number of aliphatic carboxylic acids is 1. The van der Waals surface area contributed by atoms with Gasteiger partial charge in [-0.1, -0.05) is 29.8 Å². The molecule has 1 unspecified atom stereocenters. The van der Waals surface area contributed by atoms with Crippen molar-refractivity contribution in [2.75, 3.05) is 0 Å². The molecular formula is C10H8F4O2. The Balaban J connectivity index is 3.39. The van der Waals surface area contributed by atoms with Crippen molar-refractivity contribution in [2.24, 2.45) is 0 Å². The molecule has 1 aromatic carbocycles. The predicted octanol–water partition coefficient (Wildman–Crippen LogP) is 2.81. The number of halogens is 4. The molecule has 0 fully saturated rings. The lowest BCUT2D eigenvalue weighted by Gasteiger charge is -2.24. The second-order valence-electron chi connectivity index (χ2n) is 3.33. The van der Waals surface area contributed by atoms with Gasteiger partial charge in [0.15, 0.2) is 0 Å².